The molecule has 3 heteroatoms. The number of rotatable bonds is 7. The highest BCUT2D eigenvalue weighted by Gasteiger charge is 2.12. The van der Waals surface area contributed by atoms with E-state index in [4.69, 9.17) is 11.6 Å². The van der Waals surface area contributed by atoms with Crippen LogP contribution in [0.3, 0.4) is 0 Å². The van der Waals surface area contributed by atoms with Crippen molar-refractivity contribution < 1.29 is 0 Å². The Kier molecular flexibility index (Phi) is 6.47. The van der Waals surface area contributed by atoms with E-state index in [1.165, 1.54) is 16.1 Å². The van der Waals surface area contributed by atoms with Gasteiger partial charge in [0, 0.05) is 15.6 Å². The zero-order valence-electron chi connectivity index (χ0n) is 12.6. The Bertz CT molecular complexity index is 553. The Labute approximate surface area is 137 Å². The highest BCUT2D eigenvalue weighted by atomic mass is 35.5. The maximum absolute atomic E-state index is 6.00. The molecule has 1 nitrogen and oxygen atoms in total. The molecule has 0 saturated carbocycles. The Hall–Kier alpha value is -1.12. The van der Waals surface area contributed by atoms with E-state index in [1.807, 2.05) is 23.9 Å². The maximum atomic E-state index is 6.00. The molecule has 0 bridgehead atoms. The third kappa shape index (κ3) is 4.69. The largest absolute Gasteiger partial charge is 0.377 e. The van der Waals surface area contributed by atoms with Crippen LogP contribution >= 0.6 is 23.4 Å². The highest BCUT2D eigenvalue weighted by molar-refractivity contribution is 7.99. The first kappa shape index (κ1) is 16.3. The molecule has 0 heterocycles. The smallest absolute Gasteiger partial charge is 0.0514 e. The second-order valence-electron chi connectivity index (χ2n) is 4.97. The zero-order valence-corrected chi connectivity index (χ0v) is 14.2. The molecule has 0 spiro atoms. The summed E-state index contributed by atoms with van der Waals surface area (Å²) in [5.41, 5.74) is 2.51. The van der Waals surface area contributed by atoms with Crippen molar-refractivity contribution in [1.82, 2.24) is 0 Å². The first-order chi connectivity index (χ1) is 10.2. The number of benzene rings is 2. The van der Waals surface area contributed by atoms with Gasteiger partial charge in [0.15, 0.2) is 0 Å². The second kappa shape index (κ2) is 8.35. The van der Waals surface area contributed by atoms with Crippen LogP contribution < -0.4 is 5.32 Å². The lowest BCUT2D eigenvalue weighted by Gasteiger charge is -2.22. The molecule has 2 aromatic carbocycles. The number of hydrogen-bond acceptors (Lipinski definition) is 2. The van der Waals surface area contributed by atoms with Gasteiger partial charge in [0.05, 0.1) is 6.04 Å². The van der Waals surface area contributed by atoms with E-state index < -0.39 is 0 Å². The van der Waals surface area contributed by atoms with Crippen LogP contribution in [-0.4, -0.2) is 5.75 Å². The van der Waals surface area contributed by atoms with Gasteiger partial charge in [-0.3, -0.25) is 0 Å². The molecular weight excluding hydrogens is 298 g/mol. The lowest BCUT2D eigenvalue weighted by atomic mass is 10.0. The van der Waals surface area contributed by atoms with E-state index in [2.05, 4.69) is 55.6 Å². The number of thioether (sulfide) groups is 1. The number of halogens is 1. The lowest BCUT2D eigenvalue weighted by molar-refractivity contribution is 0.676. The summed E-state index contributed by atoms with van der Waals surface area (Å²) in [6, 6.07) is 17.0. The van der Waals surface area contributed by atoms with Crippen LogP contribution in [-0.2, 0) is 0 Å². The van der Waals surface area contributed by atoms with Crippen LogP contribution in [0, 0.1) is 0 Å². The van der Waals surface area contributed by atoms with E-state index in [1.54, 1.807) is 0 Å². The van der Waals surface area contributed by atoms with Gasteiger partial charge in [-0.2, -0.15) is 0 Å². The minimum absolute atomic E-state index is 0.325. The molecular formula is C18H22ClNS. The molecule has 0 radical (unpaired) electrons. The van der Waals surface area contributed by atoms with Gasteiger partial charge >= 0.3 is 0 Å². The van der Waals surface area contributed by atoms with Gasteiger partial charge in [0.2, 0.25) is 0 Å². The predicted molar refractivity (Wildman–Crippen MR) is 95.6 cm³/mol. The molecule has 2 rings (SSSR count). The van der Waals surface area contributed by atoms with Crippen molar-refractivity contribution in [2.75, 3.05) is 11.1 Å². The molecule has 0 saturated heterocycles. The fourth-order valence-electron chi connectivity index (χ4n) is 2.36. The van der Waals surface area contributed by atoms with Gasteiger partial charge in [-0.15, -0.1) is 11.8 Å². The number of nitrogens with one attached hydrogen (secondary N) is 1. The second-order valence-corrected chi connectivity index (χ2v) is 6.71. The fourth-order valence-corrected chi connectivity index (χ4v) is 3.26. The predicted octanol–water partition coefficient (Wildman–Crippen LogP) is 6.41. The summed E-state index contributed by atoms with van der Waals surface area (Å²) in [4.78, 5) is 1.31. The van der Waals surface area contributed by atoms with Gasteiger partial charge in [0.1, 0.15) is 0 Å². The topological polar surface area (TPSA) is 12.0 Å². The third-order valence-corrected chi connectivity index (χ3v) is 4.57. The van der Waals surface area contributed by atoms with Crippen molar-refractivity contribution in [1.29, 1.82) is 0 Å². The van der Waals surface area contributed by atoms with Crippen LogP contribution in [0.15, 0.2) is 53.4 Å². The molecule has 1 unspecified atom stereocenters. The van der Waals surface area contributed by atoms with Gasteiger partial charge in [0.25, 0.3) is 0 Å². The Balaban J connectivity index is 2.22. The molecule has 21 heavy (non-hydrogen) atoms. The molecule has 0 aliphatic carbocycles. The molecule has 0 aliphatic heterocycles. The summed E-state index contributed by atoms with van der Waals surface area (Å²) in [7, 11) is 0. The van der Waals surface area contributed by atoms with Gasteiger partial charge in [-0.05, 0) is 42.0 Å². The average molecular weight is 320 g/mol. The van der Waals surface area contributed by atoms with Crippen molar-refractivity contribution >= 4 is 29.1 Å². The first-order valence-electron chi connectivity index (χ1n) is 7.48. The summed E-state index contributed by atoms with van der Waals surface area (Å²) in [6.07, 6.45) is 2.25. The summed E-state index contributed by atoms with van der Waals surface area (Å²) < 4.78 is 0. The monoisotopic (exact) mass is 319 g/mol. The molecule has 0 aromatic heterocycles. The van der Waals surface area contributed by atoms with Gasteiger partial charge in [-0.25, -0.2) is 0 Å². The standard InChI is InChI=1S/C18H22ClNS/c1-3-7-16(14-10-12-15(19)13-11-14)20-17-8-5-6-9-18(17)21-4-2/h5-6,8-13,16,20H,3-4,7H2,1-2H3. The fraction of sp³-hybridized carbons (Fsp3) is 0.333. The van der Waals surface area contributed by atoms with Crippen molar-refractivity contribution in [2.24, 2.45) is 0 Å². The molecule has 2 aromatic rings. The van der Waals surface area contributed by atoms with Gasteiger partial charge < -0.3 is 5.32 Å². The number of para-hydroxylation sites is 1. The van der Waals surface area contributed by atoms with Crippen molar-refractivity contribution in [3.05, 3.63) is 59.1 Å². The average Bonchev–Trinajstić information content (AvgIpc) is 2.50. The SMILES string of the molecule is CCCC(Nc1ccccc1SCC)c1ccc(Cl)cc1. The Morgan fingerprint density at radius 3 is 2.43 bits per heavy atom. The summed E-state index contributed by atoms with van der Waals surface area (Å²) >= 11 is 7.87. The Morgan fingerprint density at radius 2 is 1.76 bits per heavy atom. The normalized spacial score (nSPS) is 12.1. The van der Waals surface area contributed by atoms with E-state index in [0.29, 0.717) is 6.04 Å². The quantitative estimate of drug-likeness (QED) is 0.592. The number of anilines is 1. The lowest BCUT2D eigenvalue weighted by Crippen LogP contribution is -2.11. The highest BCUT2D eigenvalue weighted by Crippen LogP contribution is 2.31. The van der Waals surface area contributed by atoms with Crippen molar-refractivity contribution in [3.63, 3.8) is 0 Å². The third-order valence-electron chi connectivity index (χ3n) is 3.37. The van der Waals surface area contributed by atoms with Crippen molar-refractivity contribution in [2.45, 2.75) is 37.6 Å². The maximum Gasteiger partial charge on any atom is 0.0514 e. The first-order valence-corrected chi connectivity index (χ1v) is 8.84. The van der Waals surface area contributed by atoms with E-state index in [9.17, 15) is 0 Å². The summed E-state index contributed by atoms with van der Waals surface area (Å²) in [5.74, 6) is 1.08. The van der Waals surface area contributed by atoms with E-state index in [-0.39, 0.29) is 0 Å². The minimum Gasteiger partial charge on any atom is -0.377 e. The summed E-state index contributed by atoms with van der Waals surface area (Å²) in [5, 5.41) is 4.49. The molecule has 1 atom stereocenters. The van der Waals surface area contributed by atoms with Crippen LogP contribution in [0.5, 0.6) is 0 Å². The molecule has 112 valence electrons. The molecule has 0 fully saturated rings. The molecule has 0 amide bonds. The summed E-state index contributed by atoms with van der Waals surface area (Å²) in [6.45, 7) is 4.40. The van der Waals surface area contributed by atoms with E-state index in [0.717, 1.165) is 23.6 Å². The van der Waals surface area contributed by atoms with E-state index >= 15 is 0 Å². The number of hydrogen-bond donors (Lipinski definition) is 1. The molecule has 0 aliphatic rings. The van der Waals surface area contributed by atoms with Crippen LogP contribution in [0.4, 0.5) is 5.69 Å². The minimum atomic E-state index is 0.325. The van der Waals surface area contributed by atoms with Crippen molar-refractivity contribution in [3.8, 4) is 0 Å². The van der Waals surface area contributed by atoms with Gasteiger partial charge in [-0.1, -0.05) is 56.1 Å². The van der Waals surface area contributed by atoms with Crippen LogP contribution in [0.2, 0.25) is 5.02 Å². The molecule has 1 N–H and O–H groups in total. The zero-order chi connectivity index (χ0) is 15.1. The van der Waals surface area contributed by atoms with Crippen LogP contribution in [0.25, 0.3) is 0 Å². The Morgan fingerprint density at radius 1 is 1.05 bits per heavy atom. The van der Waals surface area contributed by atoms with Crippen LogP contribution in [0.1, 0.15) is 38.3 Å².